The lowest BCUT2D eigenvalue weighted by atomic mass is 10.1. The van der Waals surface area contributed by atoms with E-state index in [9.17, 15) is 8.42 Å². The second kappa shape index (κ2) is 8.60. The van der Waals surface area contributed by atoms with Gasteiger partial charge in [-0.1, -0.05) is 25.5 Å². The van der Waals surface area contributed by atoms with Crippen molar-refractivity contribution in [2.24, 2.45) is 5.14 Å². The third-order valence-corrected chi connectivity index (χ3v) is 4.37. The van der Waals surface area contributed by atoms with Gasteiger partial charge in [0.05, 0.1) is 4.90 Å². The van der Waals surface area contributed by atoms with Crippen molar-refractivity contribution >= 4 is 21.8 Å². The Kier molecular flexibility index (Phi) is 6.51. The molecule has 0 saturated carbocycles. The van der Waals surface area contributed by atoms with E-state index in [1.807, 2.05) is 6.07 Å². The molecule has 0 saturated heterocycles. The van der Waals surface area contributed by atoms with Crippen LogP contribution >= 0.6 is 0 Å². The van der Waals surface area contributed by atoms with E-state index in [1.165, 1.54) is 12.1 Å². The summed E-state index contributed by atoms with van der Waals surface area (Å²) in [6.45, 7) is 3.67. The number of rotatable bonds is 9. The molecule has 1 heterocycles. The molecule has 0 atom stereocenters. The van der Waals surface area contributed by atoms with E-state index < -0.39 is 10.0 Å². The Morgan fingerprint density at radius 3 is 2.50 bits per heavy atom. The summed E-state index contributed by atoms with van der Waals surface area (Å²) in [5.74, 6) is 1.37. The third kappa shape index (κ3) is 5.78. The van der Waals surface area contributed by atoms with Gasteiger partial charge in [-0.15, -0.1) is 0 Å². The van der Waals surface area contributed by atoms with E-state index in [1.54, 1.807) is 18.3 Å². The van der Waals surface area contributed by atoms with Crippen LogP contribution in [0.4, 0.5) is 11.8 Å². The van der Waals surface area contributed by atoms with Gasteiger partial charge in [-0.3, -0.25) is 0 Å². The number of unbranched alkanes of at least 4 members (excludes halogenated alkanes) is 1. The monoisotopic (exact) mass is 349 g/mol. The summed E-state index contributed by atoms with van der Waals surface area (Å²) in [7, 11) is -3.64. The first-order valence-corrected chi connectivity index (χ1v) is 9.46. The lowest BCUT2D eigenvalue weighted by Crippen LogP contribution is -2.12. The number of sulfonamides is 1. The summed E-state index contributed by atoms with van der Waals surface area (Å²) in [6, 6.07) is 8.38. The minimum absolute atomic E-state index is 0.123. The fraction of sp³-hybridized carbons (Fsp3) is 0.375. The predicted octanol–water partition coefficient (Wildman–Crippen LogP) is 1.99. The molecule has 0 amide bonds. The van der Waals surface area contributed by atoms with Crippen molar-refractivity contribution in [2.75, 3.05) is 23.7 Å². The van der Waals surface area contributed by atoms with Gasteiger partial charge in [-0.05, 0) is 36.6 Å². The van der Waals surface area contributed by atoms with E-state index >= 15 is 0 Å². The smallest absolute Gasteiger partial charge is 0.238 e. The molecule has 0 radical (unpaired) electrons. The molecule has 0 fully saturated rings. The van der Waals surface area contributed by atoms with E-state index in [-0.39, 0.29) is 4.90 Å². The minimum Gasteiger partial charge on any atom is -0.370 e. The molecule has 0 aliphatic rings. The molecular weight excluding hydrogens is 326 g/mol. The van der Waals surface area contributed by atoms with Gasteiger partial charge in [0.25, 0.3) is 0 Å². The van der Waals surface area contributed by atoms with Gasteiger partial charge < -0.3 is 10.6 Å². The van der Waals surface area contributed by atoms with Gasteiger partial charge in [-0.2, -0.15) is 4.98 Å². The van der Waals surface area contributed by atoms with Crippen LogP contribution in [0.5, 0.6) is 0 Å². The Hall–Kier alpha value is -2.19. The summed E-state index contributed by atoms with van der Waals surface area (Å²) in [6.07, 6.45) is 4.66. The molecular formula is C16H23N5O2S. The first-order valence-electron chi connectivity index (χ1n) is 7.91. The molecule has 0 aliphatic heterocycles. The number of benzene rings is 1. The van der Waals surface area contributed by atoms with E-state index in [4.69, 9.17) is 5.14 Å². The molecule has 0 bridgehead atoms. The van der Waals surface area contributed by atoms with Crippen molar-refractivity contribution in [3.63, 3.8) is 0 Å². The first-order chi connectivity index (χ1) is 11.5. The van der Waals surface area contributed by atoms with E-state index in [0.29, 0.717) is 12.5 Å². The highest BCUT2D eigenvalue weighted by molar-refractivity contribution is 7.89. The summed E-state index contributed by atoms with van der Waals surface area (Å²) in [5, 5.41) is 11.5. The van der Waals surface area contributed by atoms with Gasteiger partial charge in [-0.25, -0.2) is 18.5 Å². The molecule has 8 heteroatoms. The van der Waals surface area contributed by atoms with Crippen LogP contribution in [0.15, 0.2) is 41.4 Å². The molecule has 1 aromatic heterocycles. The Morgan fingerprint density at radius 1 is 1.08 bits per heavy atom. The van der Waals surface area contributed by atoms with Crippen molar-refractivity contribution in [1.29, 1.82) is 0 Å². The molecule has 0 unspecified atom stereocenters. The molecule has 24 heavy (non-hydrogen) atoms. The number of hydrogen-bond acceptors (Lipinski definition) is 6. The second-order valence-corrected chi connectivity index (χ2v) is 6.97. The summed E-state index contributed by atoms with van der Waals surface area (Å²) < 4.78 is 22.4. The van der Waals surface area contributed by atoms with Crippen LogP contribution < -0.4 is 15.8 Å². The maximum atomic E-state index is 11.2. The van der Waals surface area contributed by atoms with Gasteiger partial charge in [0.15, 0.2) is 0 Å². The van der Waals surface area contributed by atoms with Crippen LogP contribution in [0.2, 0.25) is 0 Å². The number of anilines is 2. The van der Waals surface area contributed by atoms with Gasteiger partial charge in [0.1, 0.15) is 5.82 Å². The average molecular weight is 349 g/mol. The summed E-state index contributed by atoms with van der Waals surface area (Å²) >= 11 is 0. The van der Waals surface area contributed by atoms with Crippen molar-refractivity contribution in [1.82, 2.24) is 9.97 Å². The number of hydrogen-bond donors (Lipinski definition) is 3. The van der Waals surface area contributed by atoms with Crippen LogP contribution in [-0.2, 0) is 16.4 Å². The highest BCUT2D eigenvalue weighted by Gasteiger charge is 2.06. The fourth-order valence-corrected chi connectivity index (χ4v) is 2.62. The Balaban J connectivity index is 1.84. The Morgan fingerprint density at radius 2 is 1.83 bits per heavy atom. The zero-order valence-corrected chi connectivity index (χ0v) is 14.5. The summed E-state index contributed by atoms with van der Waals surface area (Å²) in [4.78, 5) is 8.70. The van der Waals surface area contributed by atoms with Crippen LogP contribution in [0.1, 0.15) is 25.3 Å². The second-order valence-electron chi connectivity index (χ2n) is 5.41. The maximum Gasteiger partial charge on any atom is 0.238 e. The molecule has 0 aliphatic carbocycles. The minimum atomic E-state index is -3.64. The fourth-order valence-electron chi connectivity index (χ4n) is 2.10. The van der Waals surface area contributed by atoms with Gasteiger partial charge in [0, 0.05) is 19.3 Å². The zero-order valence-electron chi connectivity index (χ0n) is 13.7. The summed E-state index contributed by atoms with van der Waals surface area (Å²) in [5.41, 5.74) is 1.02. The number of primary sulfonamides is 1. The topological polar surface area (TPSA) is 110 Å². The van der Waals surface area contributed by atoms with Gasteiger partial charge in [0.2, 0.25) is 16.0 Å². The van der Waals surface area contributed by atoms with Crippen LogP contribution in [0.3, 0.4) is 0 Å². The molecule has 2 aromatic rings. The Bertz CT molecular complexity index is 747. The zero-order chi connectivity index (χ0) is 17.4. The SMILES string of the molecule is CCCCNc1nccc(NCCc2ccc(S(N)(=O)=O)cc2)n1. The molecule has 130 valence electrons. The molecule has 0 spiro atoms. The number of aromatic nitrogens is 2. The molecule has 7 nitrogen and oxygen atoms in total. The lowest BCUT2D eigenvalue weighted by molar-refractivity contribution is 0.598. The lowest BCUT2D eigenvalue weighted by Gasteiger charge is -2.08. The quantitative estimate of drug-likeness (QED) is 0.597. The van der Waals surface area contributed by atoms with E-state index in [2.05, 4.69) is 27.5 Å². The standard InChI is InChI=1S/C16H23N5O2S/c1-2-3-10-19-16-20-12-9-15(21-16)18-11-8-13-4-6-14(7-5-13)24(17,22)23/h4-7,9,12H,2-3,8,10-11H2,1H3,(H2,17,22,23)(H2,18,19,20,21). The number of nitrogens with zero attached hydrogens (tertiary/aromatic N) is 2. The highest BCUT2D eigenvalue weighted by atomic mass is 32.2. The average Bonchev–Trinajstić information content (AvgIpc) is 2.55. The van der Waals surface area contributed by atoms with Crippen LogP contribution in [0.25, 0.3) is 0 Å². The van der Waals surface area contributed by atoms with Crippen LogP contribution in [-0.4, -0.2) is 31.5 Å². The van der Waals surface area contributed by atoms with Crippen LogP contribution in [0, 0.1) is 0 Å². The first kappa shape index (κ1) is 18.2. The molecule has 1 aromatic carbocycles. The third-order valence-electron chi connectivity index (χ3n) is 3.44. The maximum absolute atomic E-state index is 11.2. The molecule has 2 rings (SSSR count). The van der Waals surface area contributed by atoms with Crippen molar-refractivity contribution in [3.05, 3.63) is 42.1 Å². The predicted molar refractivity (Wildman–Crippen MR) is 95.4 cm³/mol. The van der Waals surface area contributed by atoms with Crippen molar-refractivity contribution in [3.8, 4) is 0 Å². The highest BCUT2D eigenvalue weighted by Crippen LogP contribution is 2.10. The van der Waals surface area contributed by atoms with Crippen molar-refractivity contribution in [2.45, 2.75) is 31.1 Å². The normalized spacial score (nSPS) is 11.2. The van der Waals surface area contributed by atoms with E-state index in [0.717, 1.165) is 37.2 Å². The van der Waals surface area contributed by atoms with Crippen molar-refractivity contribution < 1.29 is 8.42 Å². The number of nitrogens with one attached hydrogen (secondary N) is 2. The molecule has 4 N–H and O–H groups in total. The number of nitrogens with two attached hydrogens (primary N) is 1. The van der Waals surface area contributed by atoms with Gasteiger partial charge >= 0.3 is 0 Å². The largest absolute Gasteiger partial charge is 0.370 e. The Labute approximate surface area is 142 Å².